The zero-order valence-corrected chi connectivity index (χ0v) is 12.7. The smallest absolute Gasteiger partial charge is 0.231 e. The SMILES string of the molecule is CC(C)(C)C1CCC(Nc2ccc3c(c2)OCO3)CC1. The van der Waals surface area contributed by atoms with E-state index in [1.54, 1.807) is 0 Å². The summed E-state index contributed by atoms with van der Waals surface area (Å²) in [6.07, 6.45) is 5.17. The summed E-state index contributed by atoms with van der Waals surface area (Å²) in [5, 5.41) is 3.65. The van der Waals surface area contributed by atoms with Crippen LogP contribution < -0.4 is 14.8 Å². The molecule has 0 amide bonds. The molecule has 0 aromatic heterocycles. The number of hydrogen-bond acceptors (Lipinski definition) is 3. The Morgan fingerprint density at radius 3 is 2.40 bits per heavy atom. The third-order valence-corrected chi connectivity index (χ3v) is 4.70. The Morgan fingerprint density at radius 1 is 1.00 bits per heavy atom. The van der Waals surface area contributed by atoms with Crippen molar-refractivity contribution in [3.63, 3.8) is 0 Å². The highest BCUT2D eigenvalue weighted by Crippen LogP contribution is 2.39. The fraction of sp³-hybridized carbons (Fsp3) is 0.647. The van der Waals surface area contributed by atoms with Crippen LogP contribution in [0.5, 0.6) is 11.5 Å². The Labute approximate surface area is 121 Å². The lowest BCUT2D eigenvalue weighted by molar-refractivity contribution is 0.173. The Hall–Kier alpha value is -1.38. The first-order chi connectivity index (χ1) is 9.52. The van der Waals surface area contributed by atoms with Crippen LogP contribution in [0.3, 0.4) is 0 Å². The summed E-state index contributed by atoms with van der Waals surface area (Å²) in [7, 11) is 0. The van der Waals surface area contributed by atoms with Gasteiger partial charge in [-0.2, -0.15) is 0 Å². The fourth-order valence-electron chi connectivity index (χ4n) is 3.33. The van der Waals surface area contributed by atoms with Crippen molar-refractivity contribution in [3.05, 3.63) is 18.2 Å². The Morgan fingerprint density at radius 2 is 1.70 bits per heavy atom. The largest absolute Gasteiger partial charge is 0.454 e. The highest BCUT2D eigenvalue weighted by atomic mass is 16.7. The van der Waals surface area contributed by atoms with Gasteiger partial charge in [0, 0.05) is 17.8 Å². The van der Waals surface area contributed by atoms with Gasteiger partial charge in [-0.15, -0.1) is 0 Å². The Bertz CT molecular complexity index is 470. The summed E-state index contributed by atoms with van der Waals surface area (Å²) >= 11 is 0. The van der Waals surface area contributed by atoms with Gasteiger partial charge in [0.1, 0.15) is 0 Å². The minimum Gasteiger partial charge on any atom is -0.454 e. The number of rotatable bonds is 2. The molecule has 1 aliphatic carbocycles. The Kier molecular flexibility index (Phi) is 3.53. The van der Waals surface area contributed by atoms with E-state index in [0.29, 0.717) is 18.2 Å². The van der Waals surface area contributed by atoms with Gasteiger partial charge >= 0.3 is 0 Å². The van der Waals surface area contributed by atoms with E-state index in [0.717, 1.165) is 23.1 Å². The van der Waals surface area contributed by atoms with Gasteiger partial charge in [0.15, 0.2) is 11.5 Å². The van der Waals surface area contributed by atoms with Crippen molar-refractivity contribution in [3.8, 4) is 11.5 Å². The van der Waals surface area contributed by atoms with Crippen LogP contribution >= 0.6 is 0 Å². The van der Waals surface area contributed by atoms with Crippen LogP contribution in [0.4, 0.5) is 5.69 Å². The zero-order valence-electron chi connectivity index (χ0n) is 12.7. The van der Waals surface area contributed by atoms with Crippen molar-refractivity contribution in [2.45, 2.75) is 52.5 Å². The van der Waals surface area contributed by atoms with Crippen molar-refractivity contribution in [2.75, 3.05) is 12.1 Å². The second-order valence-electron chi connectivity index (χ2n) is 7.13. The van der Waals surface area contributed by atoms with Crippen molar-refractivity contribution < 1.29 is 9.47 Å². The van der Waals surface area contributed by atoms with E-state index >= 15 is 0 Å². The summed E-state index contributed by atoms with van der Waals surface area (Å²) in [5.41, 5.74) is 1.59. The van der Waals surface area contributed by atoms with Gasteiger partial charge < -0.3 is 14.8 Å². The molecule has 0 radical (unpaired) electrons. The summed E-state index contributed by atoms with van der Waals surface area (Å²) in [4.78, 5) is 0. The maximum Gasteiger partial charge on any atom is 0.231 e. The molecule has 3 heteroatoms. The first kappa shape index (κ1) is 13.6. The molecule has 1 saturated carbocycles. The third kappa shape index (κ3) is 2.87. The van der Waals surface area contributed by atoms with Crippen LogP contribution in [0.2, 0.25) is 0 Å². The van der Waals surface area contributed by atoms with Crippen molar-refractivity contribution in [2.24, 2.45) is 11.3 Å². The van der Waals surface area contributed by atoms with Crippen LogP contribution in [0, 0.1) is 11.3 Å². The maximum absolute atomic E-state index is 5.43. The van der Waals surface area contributed by atoms with Gasteiger partial charge in [0.25, 0.3) is 0 Å². The van der Waals surface area contributed by atoms with Crippen molar-refractivity contribution in [1.82, 2.24) is 0 Å². The fourth-order valence-corrected chi connectivity index (χ4v) is 3.33. The number of nitrogens with one attached hydrogen (secondary N) is 1. The molecule has 0 atom stereocenters. The number of anilines is 1. The molecule has 3 nitrogen and oxygen atoms in total. The molecule has 0 spiro atoms. The molecule has 1 aromatic rings. The van der Waals surface area contributed by atoms with Gasteiger partial charge in [0.2, 0.25) is 6.79 Å². The average molecular weight is 275 g/mol. The molecule has 1 heterocycles. The minimum absolute atomic E-state index is 0.343. The maximum atomic E-state index is 5.43. The quantitative estimate of drug-likeness (QED) is 0.866. The first-order valence-electron chi connectivity index (χ1n) is 7.68. The molecule has 0 unspecified atom stereocenters. The summed E-state index contributed by atoms with van der Waals surface area (Å²) in [5.74, 6) is 2.57. The second-order valence-corrected chi connectivity index (χ2v) is 7.13. The predicted octanol–water partition coefficient (Wildman–Crippen LogP) is 4.43. The second kappa shape index (κ2) is 5.19. The van der Waals surface area contributed by atoms with Gasteiger partial charge in [-0.3, -0.25) is 0 Å². The summed E-state index contributed by atoms with van der Waals surface area (Å²) in [6.45, 7) is 7.44. The van der Waals surface area contributed by atoms with Gasteiger partial charge in [0.05, 0.1) is 0 Å². The molecule has 110 valence electrons. The number of benzene rings is 1. The van der Waals surface area contributed by atoms with Gasteiger partial charge in [-0.25, -0.2) is 0 Å². The number of ether oxygens (including phenoxy) is 2. The standard InChI is InChI=1S/C17H25NO2/c1-17(2,3)12-4-6-13(7-5-12)18-14-8-9-15-16(10-14)20-11-19-15/h8-10,12-13,18H,4-7,11H2,1-3H3. The minimum atomic E-state index is 0.343. The highest BCUT2D eigenvalue weighted by Gasteiger charge is 2.29. The van der Waals surface area contributed by atoms with Gasteiger partial charge in [-0.05, 0) is 49.1 Å². The highest BCUT2D eigenvalue weighted by molar-refractivity contribution is 5.56. The molecular weight excluding hydrogens is 250 g/mol. The molecular formula is C17H25NO2. The predicted molar refractivity (Wildman–Crippen MR) is 81.4 cm³/mol. The molecule has 1 fully saturated rings. The summed E-state index contributed by atoms with van der Waals surface area (Å²) < 4.78 is 10.8. The van der Waals surface area contributed by atoms with E-state index in [1.165, 1.54) is 25.7 Å². The van der Waals surface area contributed by atoms with E-state index < -0.39 is 0 Å². The molecule has 1 N–H and O–H groups in total. The summed E-state index contributed by atoms with van der Waals surface area (Å²) in [6, 6.07) is 6.72. The van der Waals surface area contributed by atoms with Crippen LogP contribution in [0.15, 0.2) is 18.2 Å². The lowest BCUT2D eigenvalue weighted by atomic mass is 9.71. The number of hydrogen-bond donors (Lipinski definition) is 1. The van der Waals surface area contributed by atoms with E-state index in [9.17, 15) is 0 Å². The topological polar surface area (TPSA) is 30.5 Å². The normalized spacial score (nSPS) is 25.6. The van der Waals surface area contributed by atoms with E-state index in [1.807, 2.05) is 6.07 Å². The molecule has 20 heavy (non-hydrogen) atoms. The molecule has 0 saturated heterocycles. The third-order valence-electron chi connectivity index (χ3n) is 4.70. The van der Waals surface area contributed by atoms with Crippen LogP contribution in [-0.4, -0.2) is 12.8 Å². The molecule has 2 aliphatic rings. The Balaban J connectivity index is 1.57. The average Bonchev–Trinajstić information content (AvgIpc) is 2.86. The van der Waals surface area contributed by atoms with E-state index in [2.05, 4.69) is 38.2 Å². The van der Waals surface area contributed by atoms with Crippen LogP contribution in [0.1, 0.15) is 46.5 Å². The molecule has 1 aromatic carbocycles. The molecule has 0 bridgehead atoms. The van der Waals surface area contributed by atoms with Crippen LogP contribution in [-0.2, 0) is 0 Å². The van der Waals surface area contributed by atoms with Crippen LogP contribution in [0.25, 0.3) is 0 Å². The molecule has 1 aliphatic heterocycles. The van der Waals surface area contributed by atoms with E-state index in [4.69, 9.17) is 9.47 Å². The first-order valence-corrected chi connectivity index (χ1v) is 7.68. The monoisotopic (exact) mass is 275 g/mol. The molecule has 3 rings (SSSR count). The van der Waals surface area contributed by atoms with E-state index in [-0.39, 0.29) is 0 Å². The van der Waals surface area contributed by atoms with Crippen molar-refractivity contribution in [1.29, 1.82) is 0 Å². The number of fused-ring (bicyclic) bond motifs is 1. The van der Waals surface area contributed by atoms with Crippen molar-refractivity contribution >= 4 is 5.69 Å². The lowest BCUT2D eigenvalue weighted by Crippen LogP contribution is -2.31. The van der Waals surface area contributed by atoms with Gasteiger partial charge in [-0.1, -0.05) is 20.8 Å². The zero-order chi connectivity index (χ0) is 14.2. The lowest BCUT2D eigenvalue weighted by Gasteiger charge is -2.37.